The second-order valence-electron chi connectivity index (χ2n) is 7.51. The number of guanidine groups is 1. The average Bonchev–Trinajstić information content (AvgIpc) is 2.76. The number of benzene rings is 1. The lowest BCUT2D eigenvalue weighted by molar-refractivity contribution is 0.111. The number of ether oxygens (including phenoxy) is 1. The number of pyridine rings is 1. The zero-order valence-corrected chi connectivity index (χ0v) is 18.6. The molecule has 1 aliphatic rings. The summed E-state index contributed by atoms with van der Waals surface area (Å²) in [6.45, 7) is 6.45. The topological polar surface area (TPSA) is 61.8 Å². The summed E-state index contributed by atoms with van der Waals surface area (Å²) in [6.07, 6.45) is 3.90. The zero-order valence-electron chi connectivity index (χ0n) is 17.9. The smallest absolute Gasteiger partial charge is 0.191 e. The van der Waals surface area contributed by atoms with E-state index in [4.69, 9.17) is 21.3 Å². The van der Waals surface area contributed by atoms with Crippen LogP contribution >= 0.6 is 11.6 Å². The summed E-state index contributed by atoms with van der Waals surface area (Å²) in [6, 6.07) is 14.3. The van der Waals surface area contributed by atoms with E-state index in [1.807, 2.05) is 42.6 Å². The molecular formula is C23H32ClN5O. The first-order valence-corrected chi connectivity index (χ1v) is 11.0. The third-order valence-corrected chi connectivity index (χ3v) is 5.54. The number of aliphatic imine (C=N–C) groups is 1. The second kappa shape index (κ2) is 11.9. The maximum atomic E-state index is 6.13. The van der Waals surface area contributed by atoms with Crippen LogP contribution in [0.1, 0.15) is 37.1 Å². The van der Waals surface area contributed by atoms with Crippen molar-refractivity contribution in [3.8, 4) is 0 Å². The highest BCUT2D eigenvalue weighted by Crippen LogP contribution is 2.20. The molecule has 0 radical (unpaired) electrons. The van der Waals surface area contributed by atoms with Crippen LogP contribution in [0, 0.1) is 0 Å². The van der Waals surface area contributed by atoms with Gasteiger partial charge in [-0.15, -0.1) is 0 Å². The molecular weight excluding hydrogens is 398 g/mol. The van der Waals surface area contributed by atoms with Gasteiger partial charge in [0.05, 0.1) is 12.2 Å². The van der Waals surface area contributed by atoms with Crippen molar-refractivity contribution in [3.05, 3.63) is 64.9 Å². The van der Waals surface area contributed by atoms with E-state index < -0.39 is 0 Å². The fourth-order valence-corrected chi connectivity index (χ4v) is 3.87. The number of nitrogens with zero attached hydrogens (tertiary/aromatic N) is 3. The van der Waals surface area contributed by atoms with Crippen LogP contribution in [0.2, 0.25) is 5.02 Å². The maximum absolute atomic E-state index is 6.13. The lowest BCUT2D eigenvalue weighted by Crippen LogP contribution is -2.48. The summed E-state index contributed by atoms with van der Waals surface area (Å²) in [5.74, 6) is 0.838. The molecule has 1 fully saturated rings. The van der Waals surface area contributed by atoms with Gasteiger partial charge in [-0.3, -0.25) is 14.9 Å². The van der Waals surface area contributed by atoms with Crippen molar-refractivity contribution in [3.63, 3.8) is 0 Å². The van der Waals surface area contributed by atoms with Crippen LogP contribution in [0.15, 0.2) is 53.7 Å². The van der Waals surface area contributed by atoms with E-state index in [0.717, 1.165) is 56.2 Å². The normalized spacial score (nSPS) is 17.0. The molecule has 2 heterocycles. The van der Waals surface area contributed by atoms with Crippen LogP contribution in [0.25, 0.3) is 0 Å². The van der Waals surface area contributed by atoms with Gasteiger partial charge in [-0.2, -0.15) is 0 Å². The van der Waals surface area contributed by atoms with Crippen LogP contribution < -0.4 is 10.6 Å². The van der Waals surface area contributed by atoms with Gasteiger partial charge < -0.3 is 15.4 Å². The molecule has 1 aliphatic heterocycles. The Morgan fingerprint density at radius 2 is 2.10 bits per heavy atom. The number of methoxy groups -OCH3 is 1. The molecule has 1 aromatic carbocycles. The highest BCUT2D eigenvalue weighted by atomic mass is 35.5. The molecule has 3 rings (SSSR count). The molecule has 1 saturated heterocycles. The van der Waals surface area contributed by atoms with Crippen molar-refractivity contribution < 1.29 is 4.74 Å². The number of piperidine rings is 1. The van der Waals surface area contributed by atoms with Crippen molar-refractivity contribution in [2.75, 3.05) is 33.3 Å². The number of hydrogen-bond donors (Lipinski definition) is 2. The van der Waals surface area contributed by atoms with Gasteiger partial charge in [0.15, 0.2) is 5.96 Å². The van der Waals surface area contributed by atoms with Crippen LogP contribution in [0.3, 0.4) is 0 Å². The van der Waals surface area contributed by atoms with E-state index in [1.165, 1.54) is 0 Å². The van der Waals surface area contributed by atoms with Crippen LogP contribution in [0.5, 0.6) is 0 Å². The highest BCUT2D eigenvalue weighted by Gasteiger charge is 2.20. The third-order valence-electron chi connectivity index (χ3n) is 5.30. The van der Waals surface area contributed by atoms with Crippen molar-refractivity contribution in [1.29, 1.82) is 0 Å². The van der Waals surface area contributed by atoms with Crippen molar-refractivity contribution in [1.82, 2.24) is 20.5 Å². The Bertz CT molecular complexity index is 793. The van der Waals surface area contributed by atoms with Crippen LogP contribution in [0.4, 0.5) is 0 Å². The van der Waals surface area contributed by atoms with Crippen molar-refractivity contribution in [2.45, 2.75) is 38.5 Å². The van der Waals surface area contributed by atoms with Crippen molar-refractivity contribution in [2.24, 2.45) is 4.99 Å². The predicted octanol–water partition coefficient (Wildman–Crippen LogP) is 3.64. The Kier molecular flexibility index (Phi) is 8.93. The van der Waals surface area contributed by atoms with Crippen LogP contribution in [-0.2, 0) is 11.3 Å². The number of hydrogen-bond acceptors (Lipinski definition) is 4. The largest absolute Gasteiger partial charge is 0.375 e. The second-order valence-corrected chi connectivity index (χ2v) is 7.95. The van der Waals surface area contributed by atoms with Gasteiger partial charge in [-0.1, -0.05) is 29.8 Å². The molecule has 0 aliphatic carbocycles. The quantitative estimate of drug-likeness (QED) is 0.495. The summed E-state index contributed by atoms with van der Waals surface area (Å²) in [5.41, 5.74) is 2.16. The summed E-state index contributed by atoms with van der Waals surface area (Å²) in [4.78, 5) is 11.7. The molecule has 1 aromatic heterocycles. The van der Waals surface area contributed by atoms with E-state index in [0.29, 0.717) is 17.6 Å². The van der Waals surface area contributed by atoms with E-state index in [9.17, 15) is 0 Å². The number of likely N-dealkylation sites (tertiary alicyclic amines) is 1. The van der Waals surface area contributed by atoms with Crippen LogP contribution in [-0.4, -0.2) is 55.2 Å². The van der Waals surface area contributed by atoms with Crippen molar-refractivity contribution >= 4 is 17.6 Å². The lowest BCUT2D eigenvalue weighted by atomic mass is 10.0. The molecule has 7 heteroatoms. The molecule has 0 saturated carbocycles. The first kappa shape index (κ1) is 22.5. The van der Waals surface area contributed by atoms with Gasteiger partial charge in [0.1, 0.15) is 6.10 Å². The fourth-order valence-electron chi connectivity index (χ4n) is 3.67. The molecule has 1 unspecified atom stereocenters. The van der Waals surface area contributed by atoms with Gasteiger partial charge >= 0.3 is 0 Å². The Hall–Kier alpha value is -2.15. The van der Waals surface area contributed by atoms with Gasteiger partial charge in [0.2, 0.25) is 0 Å². The molecule has 162 valence electrons. The minimum Gasteiger partial charge on any atom is -0.375 e. The minimum atomic E-state index is -0.126. The monoisotopic (exact) mass is 429 g/mol. The maximum Gasteiger partial charge on any atom is 0.191 e. The van der Waals surface area contributed by atoms with E-state index in [-0.39, 0.29) is 6.10 Å². The summed E-state index contributed by atoms with van der Waals surface area (Å²) in [5, 5.41) is 7.66. The van der Waals surface area contributed by atoms with Gasteiger partial charge in [0.25, 0.3) is 0 Å². The number of nitrogens with one attached hydrogen (secondary N) is 2. The van der Waals surface area contributed by atoms with E-state index in [1.54, 1.807) is 7.11 Å². The molecule has 30 heavy (non-hydrogen) atoms. The minimum absolute atomic E-state index is 0.126. The lowest BCUT2D eigenvalue weighted by Gasteiger charge is -2.33. The molecule has 2 N–H and O–H groups in total. The number of rotatable bonds is 8. The third kappa shape index (κ3) is 6.97. The molecule has 1 atom stereocenters. The standard InChI is InChI=1S/C23H32ClN5O/c1-3-25-23(27-16-22(30-2)18-7-6-8-19(24)15-18)28-20-10-13-29(14-11-20)17-21-9-4-5-12-26-21/h4-9,12,15,20,22H,3,10-11,13-14,16-17H2,1-2H3,(H2,25,27,28). The Morgan fingerprint density at radius 3 is 2.77 bits per heavy atom. The number of halogens is 1. The molecule has 0 amide bonds. The van der Waals surface area contributed by atoms with E-state index in [2.05, 4.69) is 33.5 Å². The Labute approximate surface area is 184 Å². The molecule has 0 bridgehead atoms. The Morgan fingerprint density at radius 1 is 1.27 bits per heavy atom. The fraction of sp³-hybridized carbons (Fsp3) is 0.478. The van der Waals surface area contributed by atoms with Gasteiger partial charge in [-0.25, -0.2) is 0 Å². The van der Waals surface area contributed by atoms with E-state index >= 15 is 0 Å². The molecule has 6 nitrogen and oxygen atoms in total. The predicted molar refractivity (Wildman–Crippen MR) is 123 cm³/mol. The number of aromatic nitrogens is 1. The summed E-state index contributed by atoms with van der Waals surface area (Å²) in [7, 11) is 1.71. The SMILES string of the molecule is CCNC(=NCC(OC)c1cccc(Cl)c1)NC1CCN(Cc2ccccn2)CC1. The highest BCUT2D eigenvalue weighted by molar-refractivity contribution is 6.30. The first-order chi connectivity index (χ1) is 14.7. The Balaban J connectivity index is 1.52. The van der Waals surface area contributed by atoms with Gasteiger partial charge in [0, 0.05) is 50.6 Å². The summed E-state index contributed by atoms with van der Waals surface area (Å²) < 4.78 is 5.65. The first-order valence-electron chi connectivity index (χ1n) is 10.6. The molecule has 0 spiro atoms. The zero-order chi connectivity index (χ0) is 21.2. The van der Waals surface area contributed by atoms with Gasteiger partial charge in [-0.05, 0) is 49.6 Å². The molecule has 2 aromatic rings. The summed E-state index contributed by atoms with van der Waals surface area (Å²) >= 11 is 6.13. The average molecular weight is 430 g/mol.